The van der Waals surface area contributed by atoms with Crippen molar-refractivity contribution in [2.45, 2.75) is 6.42 Å². The molecule has 1 aliphatic rings. The molecule has 3 heterocycles. The first-order valence-electron chi connectivity index (χ1n) is 8.59. The number of nitrogens with zero attached hydrogens (tertiary/aromatic N) is 3. The third-order valence-electron chi connectivity index (χ3n) is 4.65. The minimum absolute atomic E-state index is 0.244. The molecule has 0 aliphatic carbocycles. The molecule has 136 valence electrons. The first kappa shape index (κ1) is 17.5. The number of benzene rings is 1. The van der Waals surface area contributed by atoms with Crippen LogP contribution in [-0.4, -0.2) is 42.4 Å². The smallest absolute Gasteiger partial charge is 0.344 e. The number of hydrogen-bond acceptors (Lipinski definition) is 5. The van der Waals surface area contributed by atoms with Gasteiger partial charge in [0.1, 0.15) is 4.88 Å². The number of aromatic carboxylic acids is 1. The monoisotopic (exact) mass is 379 g/mol. The van der Waals surface area contributed by atoms with E-state index in [0.717, 1.165) is 21.3 Å². The number of thiophene rings is 1. The van der Waals surface area contributed by atoms with Crippen LogP contribution in [0.25, 0.3) is 15.6 Å². The molecule has 1 saturated heterocycles. The molecule has 1 aromatic carbocycles. The Hall–Kier alpha value is -2.95. The van der Waals surface area contributed by atoms with Gasteiger partial charge in [0.25, 0.3) is 0 Å². The van der Waals surface area contributed by atoms with Crippen LogP contribution in [0.4, 0.5) is 10.7 Å². The minimum Gasteiger partial charge on any atom is -0.477 e. The number of carboxylic acids is 1. The van der Waals surface area contributed by atoms with Crippen LogP contribution >= 0.6 is 11.3 Å². The highest BCUT2D eigenvalue weighted by molar-refractivity contribution is 7.18. The van der Waals surface area contributed by atoms with E-state index in [1.165, 1.54) is 11.3 Å². The third kappa shape index (κ3) is 3.37. The maximum absolute atomic E-state index is 11.8. The summed E-state index contributed by atoms with van der Waals surface area (Å²) >= 11 is 1.19. The number of pyridine rings is 1. The van der Waals surface area contributed by atoms with E-state index < -0.39 is 5.97 Å². The topological polar surface area (TPSA) is 67.0 Å². The van der Waals surface area contributed by atoms with Gasteiger partial charge >= 0.3 is 5.97 Å². The van der Waals surface area contributed by atoms with Gasteiger partial charge in [0.05, 0.1) is 24.8 Å². The van der Waals surface area contributed by atoms with Crippen LogP contribution < -0.4 is 4.90 Å². The molecule has 27 heavy (non-hydrogen) atoms. The van der Waals surface area contributed by atoms with Gasteiger partial charge in [-0.2, -0.15) is 0 Å². The molecule has 0 spiro atoms. The normalized spacial score (nSPS) is 14.3. The van der Waals surface area contributed by atoms with Crippen molar-refractivity contribution >= 4 is 38.8 Å². The Balaban J connectivity index is 1.76. The van der Waals surface area contributed by atoms with Gasteiger partial charge in [-0.05, 0) is 35.1 Å². The molecule has 6 nitrogen and oxygen atoms in total. The second-order valence-corrected chi connectivity index (χ2v) is 7.31. The van der Waals surface area contributed by atoms with Crippen LogP contribution in [-0.2, 0) is 11.2 Å². The summed E-state index contributed by atoms with van der Waals surface area (Å²) in [6, 6.07) is 7.93. The number of anilines is 1. The van der Waals surface area contributed by atoms with Crippen molar-refractivity contribution in [1.82, 2.24) is 4.98 Å². The molecule has 1 aliphatic heterocycles. The zero-order valence-corrected chi connectivity index (χ0v) is 15.3. The van der Waals surface area contributed by atoms with Crippen molar-refractivity contribution < 1.29 is 14.6 Å². The lowest BCUT2D eigenvalue weighted by Gasteiger charge is -2.28. The summed E-state index contributed by atoms with van der Waals surface area (Å²) < 4.78 is 5.38. The average Bonchev–Trinajstić information content (AvgIpc) is 3.07. The molecule has 0 radical (unpaired) electrons. The molecule has 1 N–H and O–H groups in total. The number of ether oxygens (including phenoxy) is 1. The summed E-state index contributed by atoms with van der Waals surface area (Å²) in [6.07, 6.45) is 3.94. The first-order valence-corrected chi connectivity index (χ1v) is 9.41. The fourth-order valence-corrected chi connectivity index (χ4v) is 4.47. The van der Waals surface area contributed by atoms with Gasteiger partial charge in [-0.15, -0.1) is 11.3 Å². The van der Waals surface area contributed by atoms with Crippen molar-refractivity contribution in [3.63, 3.8) is 0 Å². The SMILES string of the molecule is [C-]#[N+]c1c(N2CCOCC2)sc(C(=O)O)c1Cc1ccc2ccncc2c1. The summed E-state index contributed by atoms with van der Waals surface area (Å²) in [5.41, 5.74) is 2.01. The third-order valence-corrected chi connectivity index (χ3v) is 5.92. The molecule has 4 rings (SSSR count). The summed E-state index contributed by atoms with van der Waals surface area (Å²) in [7, 11) is 0. The summed E-state index contributed by atoms with van der Waals surface area (Å²) in [5, 5.41) is 12.5. The van der Waals surface area contributed by atoms with Gasteiger partial charge in [-0.3, -0.25) is 4.98 Å². The molecule has 0 atom stereocenters. The standard InChI is InChI=1S/C20H17N3O3S/c1-21-17-16(11-13-2-3-14-4-5-22-12-15(14)10-13)18(20(24)25)27-19(17)23-6-8-26-9-7-23/h2-5,10,12H,6-9,11H2,(H,24,25). The van der Waals surface area contributed by atoms with Gasteiger partial charge in [0.2, 0.25) is 5.69 Å². The van der Waals surface area contributed by atoms with E-state index in [1.54, 1.807) is 12.4 Å². The van der Waals surface area contributed by atoms with E-state index in [0.29, 0.717) is 44.0 Å². The van der Waals surface area contributed by atoms with Crippen LogP contribution in [0.3, 0.4) is 0 Å². The van der Waals surface area contributed by atoms with Crippen LogP contribution in [0, 0.1) is 6.57 Å². The molecule has 7 heteroatoms. The fourth-order valence-electron chi connectivity index (χ4n) is 3.32. The van der Waals surface area contributed by atoms with Gasteiger partial charge in [-0.25, -0.2) is 9.64 Å². The highest BCUT2D eigenvalue weighted by atomic mass is 32.1. The van der Waals surface area contributed by atoms with Crippen LogP contribution in [0.1, 0.15) is 20.8 Å². The van der Waals surface area contributed by atoms with Crippen molar-refractivity contribution in [2.24, 2.45) is 0 Å². The molecule has 3 aromatic rings. The van der Waals surface area contributed by atoms with E-state index in [-0.39, 0.29) is 4.88 Å². The molecule has 0 saturated carbocycles. The Bertz CT molecular complexity index is 1050. The Morgan fingerprint density at radius 3 is 2.85 bits per heavy atom. The maximum Gasteiger partial charge on any atom is 0.344 e. The van der Waals surface area contributed by atoms with E-state index in [4.69, 9.17) is 11.3 Å². The Morgan fingerprint density at radius 1 is 1.30 bits per heavy atom. The van der Waals surface area contributed by atoms with Crippen molar-refractivity contribution in [2.75, 3.05) is 31.2 Å². The zero-order chi connectivity index (χ0) is 18.8. The maximum atomic E-state index is 11.8. The number of carbonyl (C=O) groups is 1. The largest absolute Gasteiger partial charge is 0.477 e. The molecular weight excluding hydrogens is 362 g/mol. The molecular formula is C20H17N3O3S. The lowest BCUT2D eigenvalue weighted by atomic mass is 10.0. The van der Waals surface area contributed by atoms with Gasteiger partial charge in [-0.1, -0.05) is 12.1 Å². The predicted molar refractivity (Wildman–Crippen MR) is 105 cm³/mol. The van der Waals surface area contributed by atoms with Gasteiger partial charge in [0.15, 0.2) is 0 Å². The van der Waals surface area contributed by atoms with Gasteiger partial charge < -0.3 is 14.7 Å². The molecule has 2 aromatic heterocycles. The Kier molecular flexibility index (Phi) is 4.75. The number of morpholine rings is 1. The molecule has 1 fully saturated rings. The molecule has 0 unspecified atom stereocenters. The van der Waals surface area contributed by atoms with E-state index in [1.807, 2.05) is 24.3 Å². The Morgan fingerprint density at radius 2 is 2.11 bits per heavy atom. The lowest BCUT2D eigenvalue weighted by Crippen LogP contribution is -2.35. The minimum atomic E-state index is -0.984. The number of aromatic nitrogens is 1. The lowest BCUT2D eigenvalue weighted by molar-refractivity contribution is 0.0701. The molecule has 0 amide bonds. The average molecular weight is 379 g/mol. The van der Waals surface area contributed by atoms with Crippen LogP contribution in [0.5, 0.6) is 0 Å². The second-order valence-electron chi connectivity index (χ2n) is 6.31. The number of fused-ring (bicyclic) bond motifs is 1. The second kappa shape index (κ2) is 7.35. The summed E-state index contributed by atoms with van der Waals surface area (Å²) in [5.74, 6) is -0.984. The Labute approximate surface area is 160 Å². The zero-order valence-electron chi connectivity index (χ0n) is 14.5. The van der Waals surface area contributed by atoms with Crippen molar-refractivity contribution in [3.8, 4) is 0 Å². The first-order chi connectivity index (χ1) is 13.2. The quantitative estimate of drug-likeness (QED) is 0.695. The van der Waals surface area contributed by atoms with Crippen LogP contribution in [0.15, 0.2) is 36.7 Å². The number of hydrogen-bond donors (Lipinski definition) is 1. The van der Waals surface area contributed by atoms with Gasteiger partial charge in [0, 0.05) is 30.9 Å². The summed E-state index contributed by atoms with van der Waals surface area (Å²) in [6.45, 7) is 10.2. The molecule has 0 bridgehead atoms. The van der Waals surface area contributed by atoms with Crippen molar-refractivity contribution in [3.05, 3.63) is 64.1 Å². The fraction of sp³-hybridized carbons (Fsp3) is 0.250. The number of carboxylic acid groups (broad SMARTS) is 1. The highest BCUT2D eigenvalue weighted by Crippen LogP contribution is 2.44. The van der Waals surface area contributed by atoms with E-state index >= 15 is 0 Å². The van der Waals surface area contributed by atoms with E-state index in [2.05, 4.69) is 14.7 Å². The number of rotatable bonds is 4. The summed E-state index contributed by atoms with van der Waals surface area (Å²) in [4.78, 5) is 22.0. The highest BCUT2D eigenvalue weighted by Gasteiger charge is 2.26. The van der Waals surface area contributed by atoms with Crippen LogP contribution in [0.2, 0.25) is 0 Å². The predicted octanol–water partition coefficient (Wildman–Crippen LogP) is 3.97. The van der Waals surface area contributed by atoms with E-state index in [9.17, 15) is 9.90 Å². The van der Waals surface area contributed by atoms with Crippen molar-refractivity contribution in [1.29, 1.82) is 0 Å².